The van der Waals surface area contributed by atoms with Crippen molar-refractivity contribution in [3.8, 4) is 22.6 Å². The molecule has 0 aliphatic carbocycles. The van der Waals surface area contributed by atoms with Crippen molar-refractivity contribution >= 4 is 16.9 Å². The lowest BCUT2D eigenvalue weighted by Crippen LogP contribution is -2.03. The van der Waals surface area contributed by atoms with Gasteiger partial charge in [0.25, 0.3) is 0 Å². The quantitative estimate of drug-likeness (QED) is 0.800. The zero-order valence-corrected chi connectivity index (χ0v) is 13.2. The van der Waals surface area contributed by atoms with Gasteiger partial charge in [-0.3, -0.25) is 0 Å². The van der Waals surface area contributed by atoms with Gasteiger partial charge in [-0.05, 0) is 41.5 Å². The molecular formula is C18H17NO4. The highest BCUT2D eigenvalue weighted by Gasteiger charge is 2.18. The summed E-state index contributed by atoms with van der Waals surface area (Å²) in [5, 5.41) is 10.5. The number of aromatic carboxylic acids is 1. The molecule has 3 aromatic rings. The third kappa shape index (κ3) is 2.50. The van der Waals surface area contributed by atoms with E-state index in [1.54, 1.807) is 12.1 Å². The Balaban J connectivity index is 2.21. The third-order valence-electron chi connectivity index (χ3n) is 3.93. The molecule has 0 amide bonds. The molecule has 0 fully saturated rings. The number of carbonyl (C=O) groups is 1. The highest BCUT2D eigenvalue weighted by atomic mass is 16.5. The summed E-state index contributed by atoms with van der Waals surface area (Å²) in [5.41, 5.74) is 2.89. The Morgan fingerprint density at radius 3 is 2.48 bits per heavy atom. The van der Waals surface area contributed by atoms with Crippen molar-refractivity contribution in [3.05, 3.63) is 48.2 Å². The molecule has 0 atom stereocenters. The zero-order chi connectivity index (χ0) is 16.6. The largest absolute Gasteiger partial charge is 0.493 e. The van der Waals surface area contributed by atoms with Crippen LogP contribution in [-0.2, 0) is 7.05 Å². The number of rotatable bonds is 4. The molecule has 5 heteroatoms. The van der Waals surface area contributed by atoms with Gasteiger partial charge in [0.1, 0.15) is 5.56 Å². The summed E-state index contributed by atoms with van der Waals surface area (Å²) in [5.74, 6) is -0.428. The third-order valence-corrected chi connectivity index (χ3v) is 3.93. The molecule has 0 saturated carbocycles. The van der Waals surface area contributed by atoms with Gasteiger partial charge in [-0.15, -0.1) is 0 Å². The van der Waals surface area contributed by atoms with Crippen molar-refractivity contribution in [2.24, 2.45) is 7.05 Å². The van der Waals surface area contributed by atoms with Gasteiger partial charge in [-0.2, -0.15) is 0 Å². The van der Waals surface area contributed by atoms with E-state index in [-0.39, 0.29) is 11.3 Å². The van der Waals surface area contributed by atoms with Crippen molar-refractivity contribution in [2.45, 2.75) is 0 Å². The Labute approximate surface area is 133 Å². The van der Waals surface area contributed by atoms with E-state index in [2.05, 4.69) is 0 Å². The number of fused-ring (bicyclic) bond motifs is 1. The maximum atomic E-state index is 11.5. The van der Waals surface area contributed by atoms with Gasteiger partial charge in [-0.1, -0.05) is 6.07 Å². The van der Waals surface area contributed by atoms with E-state index in [4.69, 9.17) is 9.47 Å². The summed E-state index contributed by atoms with van der Waals surface area (Å²) in [4.78, 5) is 11.5. The fourth-order valence-electron chi connectivity index (χ4n) is 2.75. The van der Waals surface area contributed by atoms with Gasteiger partial charge in [-0.25, -0.2) is 4.79 Å². The molecule has 23 heavy (non-hydrogen) atoms. The summed E-state index contributed by atoms with van der Waals surface area (Å²) in [6.07, 6.45) is 1.99. The number of carboxylic acids is 1. The first-order valence-corrected chi connectivity index (χ1v) is 7.10. The number of nitrogens with zero attached hydrogens (tertiary/aromatic N) is 1. The van der Waals surface area contributed by atoms with Crippen LogP contribution in [0.4, 0.5) is 0 Å². The van der Waals surface area contributed by atoms with Crippen LogP contribution in [0.1, 0.15) is 10.4 Å². The van der Waals surface area contributed by atoms with E-state index in [9.17, 15) is 9.90 Å². The predicted molar refractivity (Wildman–Crippen MR) is 88.4 cm³/mol. The smallest absolute Gasteiger partial charge is 0.339 e. The standard InChI is InChI=1S/C18H17NO4/c1-19-7-6-12-8-11(4-5-15(12)19)13-9-14(18(20)21)17(23-3)16(10-13)22-2/h4-10H,1-3H3,(H,20,21). The Bertz CT molecular complexity index is 895. The molecular weight excluding hydrogens is 294 g/mol. The molecule has 5 nitrogen and oxygen atoms in total. The van der Waals surface area contributed by atoms with Crippen LogP contribution >= 0.6 is 0 Å². The van der Waals surface area contributed by atoms with E-state index in [0.29, 0.717) is 5.75 Å². The molecule has 118 valence electrons. The SMILES string of the molecule is COc1cc(-c2ccc3c(ccn3C)c2)cc(C(=O)O)c1OC. The number of methoxy groups -OCH3 is 2. The summed E-state index contributed by atoms with van der Waals surface area (Å²) in [6.45, 7) is 0. The normalized spacial score (nSPS) is 10.7. The van der Waals surface area contributed by atoms with E-state index >= 15 is 0 Å². The van der Waals surface area contributed by atoms with Crippen molar-refractivity contribution in [1.29, 1.82) is 0 Å². The number of hydrogen-bond donors (Lipinski definition) is 1. The molecule has 3 rings (SSSR count). The van der Waals surface area contributed by atoms with Crippen LogP contribution in [0.5, 0.6) is 11.5 Å². The van der Waals surface area contributed by atoms with Crippen molar-refractivity contribution < 1.29 is 19.4 Å². The molecule has 0 spiro atoms. The summed E-state index contributed by atoms with van der Waals surface area (Å²) < 4.78 is 12.5. The number of benzene rings is 2. The van der Waals surface area contributed by atoms with Crippen molar-refractivity contribution in [2.75, 3.05) is 14.2 Å². The highest BCUT2D eigenvalue weighted by molar-refractivity contribution is 5.95. The van der Waals surface area contributed by atoms with E-state index in [0.717, 1.165) is 22.0 Å². The lowest BCUT2D eigenvalue weighted by molar-refractivity contribution is 0.0692. The molecule has 0 aliphatic heterocycles. The Morgan fingerprint density at radius 1 is 1.04 bits per heavy atom. The fourth-order valence-corrected chi connectivity index (χ4v) is 2.75. The molecule has 0 saturated heterocycles. The van der Waals surface area contributed by atoms with E-state index < -0.39 is 5.97 Å². The van der Waals surface area contributed by atoms with Crippen LogP contribution < -0.4 is 9.47 Å². The van der Waals surface area contributed by atoms with E-state index in [1.807, 2.05) is 42.1 Å². The first-order chi connectivity index (χ1) is 11.0. The fraction of sp³-hybridized carbons (Fsp3) is 0.167. The average molecular weight is 311 g/mol. The molecule has 1 aromatic heterocycles. The van der Waals surface area contributed by atoms with Gasteiger partial charge in [0.05, 0.1) is 14.2 Å². The number of ether oxygens (including phenoxy) is 2. The van der Waals surface area contributed by atoms with E-state index in [1.165, 1.54) is 14.2 Å². The first kappa shape index (κ1) is 15.0. The van der Waals surface area contributed by atoms with Crippen LogP contribution in [0.15, 0.2) is 42.6 Å². The number of aromatic nitrogens is 1. The Hall–Kier alpha value is -2.95. The highest BCUT2D eigenvalue weighted by Crippen LogP contribution is 2.37. The minimum atomic E-state index is -1.05. The van der Waals surface area contributed by atoms with Crippen LogP contribution in [0.2, 0.25) is 0 Å². The molecule has 1 heterocycles. The van der Waals surface area contributed by atoms with Crippen LogP contribution in [0, 0.1) is 0 Å². The topological polar surface area (TPSA) is 60.7 Å². The van der Waals surface area contributed by atoms with Gasteiger partial charge >= 0.3 is 5.97 Å². The number of aryl methyl sites for hydroxylation is 1. The molecule has 0 radical (unpaired) electrons. The molecule has 1 N–H and O–H groups in total. The predicted octanol–water partition coefficient (Wildman–Crippen LogP) is 3.56. The van der Waals surface area contributed by atoms with Crippen LogP contribution in [0.3, 0.4) is 0 Å². The van der Waals surface area contributed by atoms with Gasteiger partial charge in [0.2, 0.25) is 0 Å². The molecule has 0 unspecified atom stereocenters. The molecule has 0 bridgehead atoms. The first-order valence-electron chi connectivity index (χ1n) is 7.10. The second-order valence-corrected chi connectivity index (χ2v) is 5.26. The van der Waals surface area contributed by atoms with Crippen molar-refractivity contribution in [3.63, 3.8) is 0 Å². The van der Waals surface area contributed by atoms with Gasteiger partial charge < -0.3 is 19.1 Å². The second-order valence-electron chi connectivity index (χ2n) is 5.26. The lowest BCUT2D eigenvalue weighted by Gasteiger charge is -2.13. The minimum Gasteiger partial charge on any atom is -0.493 e. The summed E-state index contributed by atoms with van der Waals surface area (Å²) in [7, 11) is 4.91. The second kappa shape index (κ2) is 5.68. The monoisotopic (exact) mass is 311 g/mol. The molecule has 0 aliphatic rings. The Morgan fingerprint density at radius 2 is 1.83 bits per heavy atom. The number of hydrogen-bond acceptors (Lipinski definition) is 3. The Kier molecular flexibility index (Phi) is 3.70. The zero-order valence-electron chi connectivity index (χ0n) is 13.2. The maximum absolute atomic E-state index is 11.5. The molecule has 2 aromatic carbocycles. The minimum absolute atomic E-state index is 0.0787. The maximum Gasteiger partial charge on any atom is 0.339 e. The van der Waals surface area contributed by atoms with Crippen LogP contribution in [-0.4, -0.2) is 29.9 Å². The summed E-state index contributed by atoms with van der Waals surface area (Å²) in [6, 6.07) is 11.4. The van der Waals surface area contributed by atoms with Crippen molar-refractivity contribution in [1.82, 2.24) is 4.57 Å². The summed E-state index contributed by atoms with van der Waals surface area (Å²) >= 11 is 0. The van der Waals surface area contributed by atoms with Gasteiger partial charge in [0.15, 0.2) is 11.5 Å². The van der Waals surface area contributed by atoms with Crippen LogP contribution in [0.25, 0.3) is 22.0 Å². The average Bonchev–Trinajstić information content (AvgIpc) is 2.94. The van der Waals surface area contributed by atoms with Gasteiger partial charge in [0, 0.05) is 24.1 Å². The number of carboxylic acid groups (broad SMARTS) is 1. The lowest BCUT2D eigenvalue weighted by atomic mass is 10.0.